The quantitative estimate of drug-likeness (QED) is 0.0288. The smallest absolute Gasteiger partial charge is 0.306 e. The van der Waals surface area contributed by atoms with E-state index >= 15 is 0 Å². The van der Waals surface area contributed by atoms with Crippen LogP contribution in [0.4, 0.5) is 0 Å². The van der Waals surface area contributed by atoms with Gasteiger partial charge in [0.05, 0.1) is 13.2 Å². The van der Waals surface area contributed by atoms with Gasteiger partial charge in [-0.1, -0.05) is 124 Å². The monoisotopic (exact) mass is 799 g/mol. The number of unbranched alkanes of at least 4 members (excludes halogenated alkanes) is 6. The van der Waals surface area contributed by atoms with Gasteiger partial charge in [0.1, 0.15) is 31.0 Å². The van der Waals surface area contributed by atoms with Crippen molar-refractivity contribution in [3.05, 3.63) is 97.2 Å². The summed E-state index contributed by atoms with van der Waals surface area (Å²) in [4.78, 5) is 25.3. The molecule has 2 unspecified atom stereocenters. The second-order valence-electron chi connectivity index (χ2n) is 14.1. The molecule has 0 aromatic heterocycles. The normalized spacial score (nSPS) is 21.3. The number of rotatable bonds is 33. The van der Waals surface area contributed by atoms with Gasteiger partial charge in [-0.3, -0.25) is 9.59 Å². The average molecular weight is 799 g/mol. The molecular weight excluding hydrogens is 725 g/mol. The topological polar surface area (TPSA) is 152 Å². The molecule has 0 aromatic carbocycles. The first-order valence-electron chi connectivity index (χ1n) is 21.3. The third kappa shape index (κ3) is 28.6. The van der Waals surface area contributed by atoms with Crippen LogP contribution < -0.4 is 0 Å². The van der Waals surface area contributed by atoms with Crippen molar-refractivity contribution >= 4 is 11.9 Å². The predicted molar refractivity (Wildman–Crippen MR) is 228 cm³/mol. The van der Waals surface area contributed by atoms with E-state index < -0.39 is 55.4 Å². The molecule has 4 N–H and O–H groups in total. The van der Waals surface area contributed by atoms with E-state index in [1.807, 2.05) is 6.08 Å². The zero-order valence-corrected chi connectivity index (χ0v) is 34.8. The van der Waals surface area contributed by atoms with E-state index in [4.69, 9.17) is 18.9 Å². The molecule has 0 radical (unpaired) electrons. The van der Waals surface area contributed by atoms with E-state index in [2.05, 4.69) is 105 Å². The number of carbonyl (C=O) groups excluding carboxylic acids is 2. The number of ether oxygens (including phenoxy) is 4. The zero-order chi connectivity index (χ0) is 41.6. The minimum Gasteiger partial charge on any atom is -0.462 e. The molecule has 0 aromatic rings. The highest BCUT2D eigenvalue weighted by Crippen LogP contribution is 2.22. The number of hydrogen-bond acceptors (Lipinski definition) is 10. The largest absolute Gasteiger partial charge is 0.462 e. The molecule has 1 fully saturated rings. The highest BCUT2D eigenvalue weighted by Gasteiger charge is 2.44. The number of aliphatic hydroxyl groups excluding tert-OH is 4. The van der Waals surface area contributed by atoms with Gasteiger partial charge in [-0.05, 0) is 89.9 Å². The summed E-state index contributed by atoms with van der Waals surface area (Å²) in [5.74, 6) is -0.933. The molecule has 0 saturated carbocycles. The first-order valence-corrected chi connectivity index (χ1v) is 21.3. The Bertz CT molecular complexity index is 1240. The number of esters is 2. The fourth-order valence-corrected chi connectivity index (χ4v) is 5.58. The van der Waals surface area contributed by atoms with Gasteiger partial charge in [-0.15, -0.1) is 0 Å². The lowest BCUT2D eigenvalue weighted by atomic mass is 9.99. The highest BCUT2D eigenvalue weighted by molar-refractivity contribution is 5.70. The Kier molecular flexibility index (Phi) is 33.5. The van der Waals surface area contributed by atoms with E-state index in [-0.39, 0.29) is 26.1 Å². The van der Waals surface area contributed by atoms with Crippen molar-refractivity contribution < 1.29 is 49.0 Å². The Hall–Kier alpha value is -3.38. The SMILES string of the molecule is CC/C=C/C/C=C/C/C=C/C/C=C/CCCCC(=O)O[C@@H](COC(=O)CCC/C=C/C/C=C/C/C=C/C/C=C/CCCCC)CO[C@H]1O[C@@H](CO)[C@@H](O)C(O)C1O. The molecule has 0 bridgehead atoms. The predicted octanol–water partition coefficient (Wildman–Crippen LogP) is 8.77. The van der Waals surface area contributed by atoms with Crippen LogP contribution in [-0.2, 0) is 28.5 Å². The van der Waals surface area contributed by atoms with Crippen LogP contribution in [-0.4, -0.2) is 89.0 Å². The molecule has 1 rings (SSSR count). The van der Waals surface area contributed by atoms with Crippen LogP contribution in [0.15, 0.2) is 97.2 Å². The molecule has 57 heavy (non-hydrogen) atoms. The number of carbonyl (C=O) groups is 2. The molecule has 10 nitrogen and oxygen atoms in total. The van der Waals surface area contributed by atoms with Crippen molar-refractivity contribution in [2.24, 2.45) is 0 Å². The van der Waals surface area contributed by atoms with E-state index in [0.29, 0.717) is 19.3 Å². The maximum Gasteiger partial charge on any atom is 0.306 e. The van der Waals surface area contributed by atoms with Gasteiger partial charge in [0.2, 0.25) is 0 Å². The third-order valence-electron chi connectivity index (χ3n) is 8.95. The fourth-order valence-electron chi connectivity index (χ4n) is 5.58. The maximum absolute atomic E-state index is 12.7. The maximum atomic E-state index is 12.7. The zero-order valence-electron chi connectivity index (χ0n) is 34.8. The Balaban J connectivity index is 2.44. The number of allylic oxidation sites excluding steroid dienone is 16. The Morgan fingerprint density at radius 1 is 0.561 bits per heavy atom. The van der Waals surface area contributed by atoms with Crippen molar-refractivity contribution in [2.75, 3.05) is 19.8 Å². The van der Waals surface area contributed by atoms with Crippen LogP contribution in [0.3, 0.4) is 0 Å². The summed E-state index contributed by atoms with van der Waals surface area (Å²) in [5.41, 5.74) is 0. The second kappa shape index (κ2) is 36.9. The van der Waals surface area contributed by atoms with E-state index in [1.54, 1.807) is 0 Å². The summed E-state index contributed by atoms with van der Waals surface area (Å²) in [5, 5.41) is 40.0. The van der Waals surface area contributed by atoms with E-state index in [1.165, 1.54) is 19.3 Å². The summed E-state index contributed by atoms with van der Waals surface area (Å²) < 4.78 is 22.0. The summed E-state index contributed by atoms with van der Waals surface area (Å²) in [6, 6.07) is 0. The Labute approximate surface area is 343 Å². The molecule has 322 valence electrons. The molecule has 1 saturated heterocycles. The number of hydrogen-bond donors (Lipinski definition) is 4. The molecule has 6 atom stereocenters. The molecule has 1 aliphatic rings. The van der Waals surface area contributed by atoms with Crippen molar-refractivity contribution in [3.8, 4) is 0 Å². The van der Waals surface area contributed by atoms with E-state index in [0.717, 1.165) is 64.2 Å². The van der Waals surface area contributed by atoms with Gasteiger partial charge >= 0.3 is 11.9 Å². The Morgan fingerprint density at radius 2 is 1.04 bits per heavy atom. The first-order chi connectivity index (χ1) is 27.8. The van der Waals surface area contributed by atoms with Gasteiger partial charge in [-0.2, -0.15) is 0 Å². The van der Waals surface area contributed by atoms with Gasteiger partial charge in [-0.25, -0.2) is 0 Å². The summed E-state index contributed by atoms with van der Waals surface area (Å²) in [6.45, 7) is 3.15. The second-order valence-corrected chi connectivity index (χ2v) is 14.1. The lowest BCUT2D eigenvalue weighted by Gasteiger charge is -2.39. The molecule has 10 heteroatoms. The van der Waals surface area contributed by atoms with Crippen LogP contribution in [0.1, 0.15) is 129 Å². The van der Waals surface area contributed by atoms with Crippen LogP contribution in [0.25, 0.3) is 0 Å². The molecule has 0 spiro atoms. The lowest BCUT2D eigenvalue weighted by molar-refractivity contribution is -0.305. The average Bonchev–Trinajstić information content (AvgIpc) is 3.21. The minimum atomic E-state index is -1.62. The van der Waals surface area contributed by atoms with Crippen molar-refractivity contribution in [2.45, 2.75) is 166 Å². The molecule has 1 aliphatic heterocycles. The molecule has 0 aliphatic carbocycles. The highest BCUT2D eigenvalue weighted by atomic mass is 16.7. The van der Waals surface area contributed by atoms with Crippen LogP contribution in [0.2, 0.25) is 0 Å². The van der Waals surface area contributed by atoms with Crippen LogP contribution >= 0.6 is 0 Å². The standard InChI is InChI=1S/C47H74O10/c1-3-5-7-9-11-13-15-17-19-20-22-23-25-27-29-31-33-35-42(49)54-38-40(39-55-47-46(53)45(52)44(51)41(37-48)57-47)56-43(50)36-34-32-30-28-26-24-21-18-16-14-12-10-8-6-4-2/h6,8,11-14,17-19,21-23,26-29,40-41,44-48,51-53H,3-5,7,9-10,15-16,20,24-25,30-39H2,1-2H3/b8-6+,13-11+,14-12+,19-17+,21-18+,23-22+,28-26+,29-27+/t40-,41-,44+,45?,46?,47-/m0/s1. The van der Waals surface area contributed by atoms with Crippen LogP contribution in [0, 0.1) is 0 Å². The fraction of sp³-hybridized carbons (Fsp3) is 0.617. The van der Waals surface area contributed by atoms with Gasteiger partial charge < -0.3 is 39.4 Å². The van der Waals surface area contributed by atoms with Gasteiger partial charge in [0.25, 0.3) is 0 Å². The lowest BCUT2D eigenvalue weighted by Crippen LogP contribution is -2.59. The summed E-state index contributed by atoms with van der Waals surface area (Å²) >= 11 is 0. The van der Waals surface area contributed by atoms with Crippen LogP contribution in [0.5, 0.6) is 0 Å². The van der Waals surface area contributed by atoms with E-state index in [9.17, 15) is 30.0 Å². The summed E-state index contributed by atoms with van der Waals surface area (Å²) in [6.07, 6.45) is 41.3. The summed E-state index contributed by atoms with van der Waals surface area (Å²) in [7, 11) is 0. The van der Waals surface area contributed by atoms with Gasteiger partial charge in [0, 0.05) is 12.8 Å². The molecule has 1 heterocycles. The third-order valence-corrected chi connectivity index (χ3v) is 8.95. The molecule has 0 amide bonds. The van der Waals surface area contributed by atoms with Gasteiger partial charge in [0.15, 0.2) is 12.4 Å². The molecular formula is C47H74O10. The minimum absolute atomic E-state index is 0.160. The number of aliphatic hydroxyl groups is 4. The van der Waals surface area contributed by atoms with Crippen molar-refractivity contribution in [1.29, 1.82) is 0 Å². The van der Waals surface area contributed by atoms with Crippen molar-refractivity contribution in [3.63, 3.8) is 0 Å². The Morgan fingerprint density at radius 3 is 1.54 bits per heavy atom. The van der Waals surface area contributed by atoms with Crippen molar-refractivity contribution in [1.82, 2.24) is 0 Å². The first kappa shape index (κ1) is 51.6.